The van der Waals surface area contributed by atoms with Crippen LogP contribution in [-0.4, -0.2) is 18.0 Å². The highest BCUT2D eigenvalue weighted by atomic mass is 15.1. The zero-order valence-corrected chi connectivity index (χ0v) is 11.7. The monoisotopic (exact) mass is 241 g/mol. The van der Waals surface area contributed by atoms with E-state index in [4.69, 9.17) is 0 Å². The van der Waals surface area contributed by atoms with Crippen molar-refractivity contribution in [2.75, 3.05) is 7.05 Å². The van der Waals surface area contributed by atoms with E-state index in [2.05, 4.69) is 68.3 Å². The molecule has 0 heterocycles. The van der Waals surface area contributed by atoms with E-state index in [1.165, 1.54) is 29.2 Å². The van der Waals surface area contributed by atoms with Gasteiger partial charge in [0.05, 0.1) is 0 Å². The Morgan fingerprint density at radius 1 is 0.944 bits per heavy atom. The quantitative estimate of drug-likeness (QED) is 0.747. The highest BCUT2D eigenvalue weighted by Gasteiger charge is 2.11. The molecule has 0 amide bonds. The van der Waals surface area contributed by atoms with Gasteiger partial charge in [-0.05, 0) is 36.2 Å². The van der Waals surface area contributed by atoms with Crippen LogP contribution in [0.2, 0.25) is 0 Å². The van der Waals surface area contributed by atoms with E-state index in [-0.39, 0.29) is 0 Å². The van der Waals surface area contributed by atoms with E-state index in [1.54, 1.807) is 0 Å². The molecule has 0 N–H and O–H groups in total. The minimum atomic E-state index is 0.684. The van der Waals surface area contributed by atoms with Gasteiger partial charge in [-0.25, -0.2) is 0 Å². The van der Waals surface area contributed by atoms with Crippen LogP contribution in [0.15, 0.2) is 42.5 Å². The van der Waals surface area contributed by atoms with Gasteiger partial charge >= 0.3 is 0 Å². The summed E-state index contributed by atoms with van der Waals surface area (Å²) in [6.45, 7) is 5.58. The second-order valence-corrected chi connectivity index (χ2v) is 5.02. The average molecular weight is 241 g/mol. The lowest BCUT2D eigenvalue weighted by Gasteiger charge is -2.26. The van der Waals surface area contributed by atoms with Gasteiger partial charge in [0.25, 0.3) is 0 Å². The molecule has 0 fully saturated rings. The van der Waals surface area contributed by atoms with Gasteiger partial charge in [-0.3, -0.25) is 4.90 Å². The maximum Gasteiger partial charge on any atom is 0.0239 e. The Kier molecular flexibility index (Phi) is 4.38. The Balaban J connectivity index is 2.26. The fourth-order valence-electron chi connectivity index (χ4n) is 2.74. The maximum absolute atomic E-state index is 2.47. The predicted octanol–water partition coefficient (Wildman–Crippen LogP) is 4.46. The van der Waals surface area contributed by atoms with Crippen molar-refractivity contribution in [1.82, 2.24) is 4.90 Å². The van der Waals surface area contributed by atoms with Crippen molar-refractivity contribution in [1.29, 1.82) is 0 Å². The number of nitrogens with zero attached hydrogens (tertiary/aromatic N) is 1. The Bertz CT molecular complexity index is 494. The summed E-state index contributed by atoms with van der Waals surface area (Å²) in [6.07, 6.45) is 2.44. The number of hydrogen-bond acceptors (Lipinski definition) is 1. The van der Waals surface area contributed by atoms with Crippen LogP contribution in [0.4, 0.5) is 0 Å². The molecule has 2 aromatic rings. The SMILES string of the molecule is CCC(CC)N(C)Cc1cccc2ccccc12. The standard InChI is InChI=1S/C17H23N/c1-4-16(5-2)18(3)13-15-11-8-10-14-9-6-7-12-17(14)15/h6-12,16H,4-5,13H2,1-3H3. The van der Waals surface area contributed by atoms with E-state index < -0.39 is 0 Å². The van der Waals surface area contributed by atoms with E-state index in [9.17, 15) is 0 Å². The molecule has 0 bridgehead atoms. The van der Waals surface area contributed by atoms with Crippen LogP contribution in [-0.2, 0) is 6.54 Å². The third-order valence-electron chi connectivity index (χ3n) is 3.87. The van der Waals surface area contributed by atoms with Crippen molar-refractivity contribution >= 4 is 10.8 Å². The molecule has 2 aromatic carbocycles. The fourth-order valence-corrected chi connectivity index (χ4v) is 2.74. The van der Waals surface area contributed by atoms with Crippen molar-refractivity contribution in [2.24, 2.45) is 0 Å². The summed E-state index contributed by atoms with van der Waals surface area (Å²) in [6, 6.07) is 15.9. The smallest absolute Gasteiger partial charge is 0.0239 e. The van der Waals surface area contributed by atoms with Crippen molar-refractivity contribution in [3.63, 3.8) is 0 Å². The lowest BCUT2D eigenvalue weighted by Crippen LogP contribution is -2.30. The number of benzene rings is 2. The van der Waals surface area contributed by atoms with Crippen molar-refractivity contribution < 1.29 is 0 Å². The Morgan fingerprint density at radius 2 is 1.61 bits per heavy atom. The average Bonchev–Trinajstić information content (AvgIpc) is 2.40. The van der Waals surface area contributed by atoms with E-state index in [0.717, 1.165) is 6.54 Å². The summed E-state index contributed by atoms with van der Waals surface area (Å²) >= 11 is 0. The normalized spacial score (nSPS) is 11.6. The molecule has 96 valence electrons. The van der Waals surface area contributed by atoms with Crippen LogP contribution in [0.1, 0.15) is 32.3 Å². The summed E-state index contributed by atoms with van der Waals surface area (Å²) in [7, 11) is 2.24. The molecule has 1 heteroatoms. The Hall–Kier alpha value is -1.34. The van der Waals surface area contributed by atoms with E-state index in [0.29, 0.717) is 6.04 Å². The highest BCUT2D eigenvalue weighted by Crippen LogP contribution is 2.21. The molecule has 18 heavy (non-hydrogen) atoms. The number of hydrogen-bond donors (Lipinski definition) is 0. The lowest BCUT2D eigenvalue weighted by molar-refractivity contribution is 0.222. The summed E-state index contributed by atoms with van der Waals surface area (Å²) in [5, 5.41) is 2.73. The Morgan fingerprint density at radius 3 is 2.33 bits per heavy atom. The summed E-state index contributed by atoms with van der Waals surface area (Å²) in [5.41, 5.74) is 1.43. The fraction of sp³-hybridized carbons (Fsp3) is 0.412. The van der Waals surface area contributed by atoms with Gasteiger partial charge in [0.1, 0.15) is 0 Å². The topological polar surface area (TPSA) is 3.24 Å². The third-order valence-corrected chi connectivity index (χ3v) is 3.87. The Labute approximate surface area is 110 Å². The zero-order valence-electron chi connectivity index (χ0n) is 11.7. The lowest BCUT2D eigenvalue weighted by atomic mass is 10.0. The van der Waals surface area contributed by atoms with Crippen molar-refractivity contribution in [3.05, 3.63) is 48.0 Å². The number of rotatable bonds is 5. The largest absolute Gasteiger partial charge is 0.299 e. The maximum atomic E-state index is 2.47. The second-order valence-electron chi connectivity index (χ2n) is 5.02. The van der Waals surface area contributed by atoms with Gasteiger partial charge in [-0.1, -0.05) is 56.3 Å². The van der Waals surface area contributed by atoms with Crippen molar-refractivity contribution in [2.45, 2.75) is 39.3 Å². The minimum absolute atomic E-state index is 0.684. The first-order chi connectivity index (χ1) is 8.76. The van der Waals surface area contributed by atoms with Gasteiger partial charge < -0.3 is 0 Å². The first-order valence-electron chi connectivity index (χ1n) is 6.93. The van der Waals surface area contributed by atoms with Crippen LogP contribution < -0.4 is 0 Å². The van der Waals surface area contributed by atoms with Crippen LogP contribution in [0.25, 0.3) is 10.8 Å². The molecular weight excluding hydrogens is 218 g/mol. The molecular formula is C17H23N. The second kappa shape index (κ2) is 6.01. The third kappa shape index (κ3) is 2.73. The molecule has 0 unspecified atom stereocenters. The molecule has 0 atom stereocenters. The molecule has 0 saturated carbocycles. The van der Waals surface area contributed by atoms with Gasteiger partial charge in [0.2, 0.25) is 0 Å². The van der Waals surface area contributed by atoms with E-state index in [1.807, 2.05) is 0 Å². The minimum Gasteiger partial charge on any atom is -0.299 e. The van der Waals surface area contributed by atoms with Crippen LogP contribution >= 0.6 is 0 Å². The first-order valence-corrected chi connectivity index (χ1v) is 6.93. The molecule has 0 radical (unpaired) electrons. The van der Waals surface area contributed by atoms with Crippen LogP contribution in [0.5, 0.6) is 0 Å². The van der Waals surface area contributed by atoms with Crippen molar-refractivity contribution in [3.8, 4) is 0 Å². The van der Waals surface area contributed by atoms with Gasteiger partial charge in [0, 0.05) is 12.6 Å². The molecule has 2 rings (SSSR count). The van der Waals surface area contributed by atoms with Gasteiger partial charge in [0.15, 0.2) is 0 Å². The number of fused-ring (bicyclic) bond motifs is 1. The molecule has 0 aliphatic rings. The molecule has 1 nitrogen and oxygen atoms in total. The first kappa shape index (κ1) is 13.1. The summed E-state index contributed by atoms with van der Waals surface area (Å²) < 4.78 is 0. The molecule has 0 aromatic heterocycles. The summed E-state index contributed by atoms with van der Waals surface area (Å²) in [4.78, 5) is 2.47. The van der Waals surface area contributed by atoms with Gasteiger partial charge in [-0.15, -0.1) is 0 Å². The van der Waals surface area contributed by atoms with Crippen LogP contribution in [0, 0.1) is 0 Å². The molecule has 0 aliphatic carbocycles. The molecule has 0 spiro atoms. The summed E-state index contributed by atoms with van der Waals surface area (Å²) in [5.74, 6) is 0. The van der Waals surface area contributed by atoms with Crippen LogP contribution in [0.3, 0.4) is 0 Å². The zero-order chi connectivity index (χ0) is 13.0. The van der Waals surface area contributed by atoms with E-state index >= 15 is 0 Å². The molecule has 0 aliphatic heterocycles. The highest BCUT2D eigenvalue weighted by molar-refractivity contribution is 5.85. The van der Waals surface area contributed by atoms with Gasteiger partial charge in [-0.2, -0.15) is 0 Å². The molecule has 0 saturated heterocycles. The predicted molar refractivity (Wildman–Crippen MR) is 79.8 cm³/mol.